The fraction of sp³-hybridized carbons (Fsp3) is 0.621. The smallest absolute Gasteiger partial charge is 0.420 e. The SMILES string of the molecule is CC(C)C1CCC(Oc2ccc3ccc(CN4CC5CC(C(=O)O)CC4C5)cc3c2C(F)(F)F)CC1. The van der Waals surface area contributed by atoms with Crippen LogP contribution in [0, 0.1) is 23.7 Å². The Bertz CT molecular complexity index is 1110. The zero-order chi connectivity index (χ0) is 25.6. The van der Waals surface area contributed by atoms with Crippen LogP contribution in [0.1, 0.15) is 69.9 Å². The molecule has 1 saturated heterocycles. The Morgan fingerprint density at radius 1 is 1.08 bits per heavy atom. The number of aliphatic carboxylic acids is 1. The molecule has 2 bridgehead atoms. The van der Waals surface area contributed by atoms with Crippen LogP contribution in [0.15, 0.2) is 30.3 Å². The summed E-state index contributed by atoms with van der Waals surface area (Å²) < 4.78 is 49.2. The first-order valence-electron chi connectivity index (χ1n) is 13.3. The molecular formula is C29H36F3NO3. The molecule has 0 aromatic heterocycles. The van der Waals surface area contributed by atoms with Gasteiger partial charge in [0.15, 0.2) is 0 Å². The molecule has 5 rings (SSSR count). The lowest BCUT2D eigenvalue weighted by atomic mass is 9.80. The van der Waals surface area contributed by atoms with Gasteiger partial charge >= 0.3 is 12.1 Å². The van der Waals surface area contributed by atoms with Crippen molar-refractivity contribution in [1.82, 2.24) is 4.90 Å². The van der Waals surface area contributed by atoms with Gasteiger partial charge in [-0.1, -0.05) is 32.0 Å². The molecule has 36 heavy (non-hydrogen) atoms. The van der Waals surface area contributed by atoms with E-state index in [2.05, 4.69) is 18.7 Å². The minimum absolute atomic E-state index is 0.0681. The Kier molecular flexibility index (Phi) is 6.96. The van der Waals surface area contributed by atoms with Crippen molar-refractivity contribution >= 4 is 16.7 Å². The lowest BCUT2D eigenvalue weighted by molar-refractivity contribution is -0.143. The predicted octanol–water partition coefficient (Wildman–Crippen LogP) is 7.14. The van der Waals surface area contributed by atoms with Gasteiger partial charge in [-0.3, -0.25) is 9.69 Å². The van der Waals surface area contributed by atoms with Gasteiger partial charge in [0.05, 0.1) is 12.0 Å². The van der Waals surface area contributed by atoms with E-state index in [9.17, 15) is 23.1 Å². The van der Waals surface area contributed by atoms with Gasteiger partial charge in [-0.15, -0.1) is 0 Å². The van der Waals surface area contributed by atoms with E-state index >= 15 is 0 Å². The van der Waals surface area contributed by atoms with Crippen molar-refractivity contribution in [3.05, 3.63) is 41.5 Å². The van der Waals surface area contributed by atoms with E-state index in [-0.39, 0.29) is 29.2 Å². The van der Waals surface area contributed by atoms with E-state index in [0.29, 0.717) is 42.5 Å². The van der Waals surface area contributed by atoms with Gasteiger partial charge in [0, 0.05) is 19.1 Å². The predicted molar refractivity (Wildman–Crippen MR) is 133 cm³/mol. The molecule has 1 aliphatic heterocycles. The van der Waals surface area contributed by atoms with Crippen molar-refractivity contribution in [3.63, 3.8) is 0 Å². The molecule has 2 saturated carbocycles. The first-order valence-corrected chi connectivity index (χ1v) is 13.3. The average Bonchev–Trinajstić information content (AvgIpc) is 3.10. The molecule has 7 heteroatoms. The van der Waals surface area contributed by atoms with Crippen molar-refractivity contribution in [1.29, 1.82) is 0 Å². The summed E-state index contributed by atoms with van der Waals surface area (Å²) in [4.78, 5) is 13.8. The number of fused-ring (bicyclic) bond motifs is 3. The maximum atomic E-state index is 14.4. The Hall–Kier alpha value is -2.28. The van der Waals surface area contributed by atoms with Crippen molar-refractivity contribution in [2.75, 3.05) is 6.54 Å². The first-order chi connectivity index (χ1) is 17.1. The lowest BCUT2D eigenvalue weighted by Crippen LogP contribution is -2.32. The molecule has 196 valence electrons. The number of benzene rings is 2. The normalized spacial score (nSPS) is 29.1. The molecule has 3 atom stereocenters. The molecule has 1 N–H and O–H groups in total. The van der Waals surface area contributed by atoms with Crippen LogP contribution < -0.4 is 4.74 Å². The molecule has 0 amide bonds. The molecule has 3 fully saturated rings. The molecule has 2 aliphatic carbocycles. The van der Waals surface area contributed by atoms with Gasteiger partial charge in [-0.25, -0.2) is 0 Å². The van der Waals surface area contributed by atoms with Gasteiger partial charge in [0.25, 0.3) is 0 Å². The molecular weight excluding hydrogens is 467 g/mol. The number of alkyl halides is 3. The monoisotopic (exact) mass is 503 g/mol. The van der Waals surface area contributed by atoms with Crippen LogP contribution in [0.4, 0.5) is 13.2 Å². The fourth-order valence-corrected chi connectivity index (χ4v) is 6.85. The highest BCUT2D eigenvalue weighted by Crippen LogP contribution is 2.44. The third kappa shape index (κ3) is 5.22. The van der Waals surface area contributed by atoms with Crippen LogP contribution in [0.5, 0.6) is 5.75 Å². The van der Waals surface area contributed by atoms with Crippen molar-refractivity contribution in [2.24, 2.45) is 23.7 Å². The Morgan fingerprint density at radius 3 is 2.47 bits per heavy atom. The highest BCUT2D eigenvalue weighted by molar-refractivity contribution is 5.89. The van der Waals surface area contributed by atoms with Crippen LogP contribution in [0.2, 0.25) is 0 Å². The molecule has 3 unspecified atom stereocenters. The molecule has 2 aromatic carbocycles. The number of hydrogen-bond donors (Lipinski definition) is 1. The van der Waals surface area contributed by atoms with E-state index in [4.69, 9.17) is 4.74 Å². The number of hydrogen-bond acceptors (Lipinski definition) is 3. The maximum absolute atomic E-state index is 14.4. The number of carbonyl (C=O) groups is 1. The second-order valence-electron chi connectivity index (χ2n) is 11.6. The molecule has 4 nitrogen and oxygen atoms in total. The first kappa shape index (κ1) is 25.4. The number of halogens is 3. The van der Waals surface area contributed by atoms with Gasteiger partial charge < -0.3 is 9.84 Å². The third-order valence-electron chi connectivity index (χ3n) is 8.81. The van der Waals surface area contributed by atoms with Gasteiger partial charge in [0.2, 0.25) is 0 Å². The Morgan fingerprint density at radius 2 is 1.81 bits per heavy atom. The third-order valence-corrected chi connectivity index (χ3v) is 8.81. The second-order valence-corrected chi connectivity index (χ2v) is 11.6. The van der Waals surface area contributed by atoms with Gasteiger partial charge in [0.1, 0.15) is 11.3 Å². The quantitative estimate of drug-likeness (QED) is 0.455. The summed E-state index contributed by atoms with van der Waals surface area (Å²) in [5, 5.41) is 10.2. The van der Waals surface area contributed by atoms with Gasteiger partial charge in [-0.05, 0) is 91.2 Å². The molecule has 3 aliphatic rings. The van der Waals surface area contributed by atoms with Crippen molar-refractivity contribution in [3.8, 4) is 5.75 Å². The Labute approximate surface area is 210 Å². The van der Waals surface area contributed by atoms with Gasteiger partial charge in [-0.2, -0.15) is 13.2 Å². The van der Waals surface area contributed by atoms with Crippen LogP contribution in [-0.2, 0) is 17.5 Å². The van der Waals surface area contributed by atoms with E-state index in [1.807, 2.05) is 6.07 Å². The van der Waals surface area contributed by atoms with E-state index in [1.54, 1.807) is 18.2 Å². The zero-order valence-corrected chi connectivity index (χ0v) is 21.1. The van der Waals surface area contributed by atoms with Crippen LogP contribution >= 0.6 is 0 Å². The van der Waals surface area contributed by atoms with Crippen LogP contribution in [-0.4, -0.2) is 34.7 Å². The zero-order valence-electron chi connectivity index (χ0n) is 21.1. The average molecular weight is 504 g/mol. The topological polar surface area (TPSA) is 49.8 Å². The summed E-state index contributed by atoms with van der Waals surface area (Å²) in [7, 11) is 0. The number of carboxylic acids is 1. The van der Waals surface area contributed by atoms with Crippen LogP contribution in [0.25, 0.3) is 10.8 Å². The summed E-state index contributed by atoms with van der Waals surface area (Å²) in [5.41, 5.74) is 0.140. The number of likely N-dealkylation sites (tertiary alicyclic amines) is 1. The van der Waals surface area contributed by atoms with E-state index < -0.39 is 17.7 Å². The molecule has 0 radical (unpaired) electrons. The number of nitrogens with zero attached hydrogens (tertiary/aromatic N) is 1. The minimum atomic E-state index is -4.53. The number of rotatable bonds is 6. The highest BCUT2D eigenvalue weighted by atomic mass is 19.4. The molecule has 2 aromatic rings. The minimum Gasteiger partial charge on any atom is -0.490 e. The number of carboxylic acid groups (broad SMARTS) is 1. The lowest BCUT2D eigenvalue weighted by Gasteiger charge is -2.32. The van der Waals surface area contributed by atoms with E-state index in [1.165, 1.54) is 6.07 Å². The van der Waals surface area contributed by atoms with Crippen molar-refractivity contribution < 1.29 is 27.8 Å². The standard InChI is InChI=1S/C29H36F3NO3/c1-17(2)20-5-8-24(9-6-20)36-26-10-7-21-4-3-18(13-25(21)27(26)29(30,31)32)15-33-16-19-11-22(28(34)35)14-23(33)12-19/h3-4,7,10,13,17,19-20,22-24H,5-6,8-9,11-12,14-16H2,1-2H3,(H,34,35). The second kappa shape index (κ2) is 9.88. The summed E-state index contributed by atoms with van der Waals surface area (Å²) in [6.45, 7) is 5.74. The summed E-state index contributed by atoms with van der Waals surface area (Å²) >= 11 is 0. The van der Waals surface area contributed by atoms with Crippen molar-refractivity contribution in [2.45, 2.75) is 83.7 Å². The summed E-state index contributed by atoms with van der Waals surface area (Å²) in [5.74, 6) is 0.422. The largest absolute Gasteiger partial charge is 0.490 e. The van der Waals surface area contributed by atoms with E-state index in [0.717, 1.165) is 44.2 Å². The highest BCUT2D eigenvalue weighted by Gasteiger charge is 2.42. The maximum Gasteiger partial charge on any atom is 0.420 e. The number of ether oxygens (including phenoxy) is 1. The van der Waals surface area contributed by atoms with Crippen LogP contribution in [0.3, 0.4) is 0 Å². The molecule has 0 spiro atoms. The Balaban J connectivity index is 1.39. The summed E-state index contributed by atoms with van der Waals surface area (Å²) in [6, 6.07) is 8.71. The fourth-order valence-electron chi connectivity index (χ4n) is 6.85. The molecule has 1 heterocycles. The summed E-state index contributed by atoms with van der Waals surface area (Å²) in [6.07, 6.45) is 1.11.